The minimum absolute atomic E-state index is 0.127. The summed E-state index contributed by atoms with van der Waals surface area (Å²) in [4.78, 5) is 12.2. The molecule has 3 rings (SSSR count). The lowest BCUT2D eigenvalue weighted by molar-refractivity contribution is -0.115. The number of hydrogen-bond donors (Lipinski definition) is 1. The molecule has 2 aromatic carbocycles. The van der Waals surface area contributed by atoms with E-state index in [2.05, 4.69) is 5.32 Å². The second-order valence-corrected chi connectivity index (χ2v) is 8.60. The van der Waals surface area contributed by atoms with Gasteiger partial charge in [0.05, 0.1) is 12.7 Å². The molecular weight excluding hydrogens is 360 g/mol. The van der Waals surface area contributed by atoms with Crippen molar-refractivity contribution in [3.63, 3.8) is 0 Å². The maximum absolute atomic E-state index is 12.2. The van der Waals surface area contributed by atoms with Crippen LogP contribution in [-0.2, 0) is 34.2 Å². The summed E-state index contributed by atoms with van der Waals surface area (Å²) in [5.41, 5.74) is 3.60. The highest BCUT2D eigenvalue weighted by Crippen LogP contribution is 2.24. The van der Waals surface area contributed by atoms with E-state index in [1.807, 2.05) is 30.3 Å². The van der Waals surface area contributed by atoms with E-state index in [1.165, 1.54) is 10.6 Å². The van der Waals surface area contributed by atoms with Gasteiger partial charge in [0.1, 0.15) is 0 Å². The van der Waals surface area contributed by atoms with Gasteiger partial charge < -0.3 is 5.32 Å². The number of rotatable bonds is 4. The number of nitrogens with one attached hydrogen (secondary N) is 1. The Hall–Kier alpha value is -1.89. The topological polar surface area (TPSA) is 66.5 Å². The van der Waals surface area contributed by atoms with Crippen molar-refractivity contribution in [2.45, 2.75) is 19.4 Å². The molecule has 0 saturated heterocycles. The lowest BCUT2D eigenvalue weighted by atomic mass is 10.0. The van der Waals surface area contributed by atoms with Gasteiger partial charge in [0, 0.05) is 23.8 Å². The van der Waals surface area contributed by atoms with Crippen molar-refractivity contribution in [1.82, 2.24) is 4.31 Å². The van der Waals surface area contributed by atoms with Crippen LogP contribution in [0.1, 0.15) is 16.7 Å². The largest absolute Gasteiger partial charge is 0.326 e. The van der Waals surface area contributed by atoms with Crippen molar-refractivity contribution in [2.24, 2.45) is 0 Å². The van der Waals surface area contributed by atoms with Crippen molar-refractivity contribution in [3.05, 3.63) is 64.2 Å². The molecule has 2 aromatic rings. The van der Waals surface area contributed by atoms with Crippen LogP contribution in [0.2, 0.25) is 5.02 Å². The Labute approximate surface area is 152 Å². The molecule has 1 heterocycles. The molecule has 132 valence electrons. The first-order valence-electron chi connectivity index (χ1n) is 7.92. The highest BCUT2D eigenvalue weighted by molar-refractivity contribution is 7.88. The highest BCUT2D eigenvalue weighted by atomic mass is 35.5. The third-order valence-corrected chi connectivity index (χ3v) is 5.72. The van der Waals surface area contributed by atoms with Crippen LogP contribution in [0.4, 0.5) is 5.69 Å². The molecule has 7 heteroatoms. The Morgan fingerprint density at radius 1 is 1.16 bits per heavy atom. The molecule has 0 aliphatic carbocycles. The van der Waals surface area contributed by atoms with E-state index < -0.39 is 10.0 Å². The lowest BCUT2D eigenvalue weighted by Gasteiger charge is -2.27. The van der Waals surface area contributed by atoms with Crippen LogP contribution >= 0.6 is 11.6 Å². The number of fused-ring (bicyclic) bond motifs is 1. The minimum Gasteiger partial charge on any atom is -0.326 e. The summed E-state index contributed by atoms with van der Waals surface area (Å²) in [7, 11) is -3.21. The number of anilines is 1. The summed E-state index contributed by atoms with van der Waals surface area (Å²) < 4.78 is 24.9. The number of amides is 1. The zero-order valence-electron chi connectivity index (χ0n) is 13.8. The van der Waals surface area contributed by atoms with E-state index in [4.69, 9.17) is 11.6 Å². The monoisotopic (exact) mass is 378 g/mol. The zero-order valence-corrected chi connectivity index (χ0v) is 15.4. The third-order valence-electron chi connectivity index (χ3n) is 4.21. The van der Waals surface area contributed by atoms with Gasteiger partial charge in [-0.2, -0.15) is 4.31 Å². The number of benzene rings is 2. The summed E-state index contributed by atoms with van der Waals surface area (Å²) in [6.07, 6.45) is 2.15. The molecule has 0 radical (unpaired) electrons. The average molecular weight is 379 g/mol. The van der Waals surface area contributed by atoms with E-state index in [0.29, 0.717) is 30.2 Å². The summed E-state index contributed by atoms with van der Waals surface area (Å²) in [6, 6.07) is 12.8. The molecule has 1 amide bonds. The molecule has 5 nitrogen and oxygen atoms in total. The smallest absolute Gasteiger partial charge is 0.228 e. The second kappa shape index (κ2) is 7.15. The van der Waals surface area contributed by atoms with E-state index in [-0.39, 0.29) is 12.3 Å². The van der Waals surface area contributed by atoms with Gasteiger partial charge in [-0.25, -0.2) is 8.42 Å². The first-order valence-corrected chi connectivity index (χ1v) is 10.1. The molecule has 0 saturated carbocycles. The zero-order chi connectivity index (χ0) is 18.0. The number of halogens is 1. The van der Waals surface area contributed by atoms with Crippen molar-refractivity contribution in [2.75, 3.05) is 18.1 Å². The first kappa shape index (κ1) is 17.9. The minimum atomic E-state index is -3.21. The second-order valence-electron chi connectivity index (χ2n) is 6.18. The summed E-state index contributed by atoms with van der Waals surface area (Å²) in [6.45, 7) is 0.836. The fourth-order valence-electron chi connectivity index (χ4n) is 2.88. The molecule has 0 unspecified atom stereocenters. The fraction of sp³-hybridized carbons (Fsp3) is 0.278. The van der Waals surface area contributed by atoms with Crippen LogP contribution in [0, 0.1) is 0 Å². The van der Waals surface area contributed by atoms with Crippen molar-refractivity contribution in [1.29, 1.82) is 0 Å². The molecule has 0 spiro atoms. The summed E-state index contributed by atoms with van der Waals surface area (Å²) in [5.74, 6) is -0.127. The maximum Gasteiger partial charge on any atom is 0.228 e. The average Bonchev–Trinajstić information content (AvgIpc) is 2.55. The number of sulfonamides is 1. The predicted octanol–water partition coefficient (Wildman–Crippen LogP) is 2.84. The van der Waals surface area contributed by atoms with E-state index in [1.54, 1.807) is 12.1 Å². The van der Waals surface area contributed by atoms with Gasteiger partial charge in [0.2, 0.25) is 15.9 Å². The Balaban J connectivity index is 1.69. The Morgan fingerprint density at radius 3 is 2.56 bits per heavy atom. The van der Waals surface area contributed by atoms with E-state index in [9.17, 15) is 13.2 Å². The molecule has 1 aliphatic heterocycles. The van der Waals surface area contributed by atoms with Gasteiger partial charge in [0.25, 0.3) is 0 Å². The van der Waals surface area contributed by atoms with Crippen LogP contribution in [0.3, 0.4) is 0 Å². The molecule has 0 aromatic heterocycles. The standard InChI is InChI=1S/C18H19ClN2O3S/c1-25(23,24)21-9-8-14-4-7-17(11-15(14)12-21)20-18(22)10-13-2-5-16(19)6-3-13/h2-7,11H,8-10,12H2,1H3,(H,20,22). The maximum atomic E-state index is 12.2. The van der Waals surface area contributed by atoms with Gasteiger partial charge in [-0.05, 0) is 47.4 Å². The first-order chi connectivity index (χ1) is 11.8. The number of carbonyl (C=O) groups excluding carboxylic acids is 1. The molecule has 0 bridgehead atoms. The van der Waals surface area contributed by atoms with Crippen LogP contribution < -0.4 is 5.32 Å². The molecule has 25 heavy (non-hydrogen) atoms. The number of carbonyl (C=O) groups is 1. The van der Waals surface area contributed by atoms with Gasteiger partial charge in [-0.1, -0.05) is 29.8 Å². The van der Waals surface area contributed by atoms with Gasteiger partial charge in [0.15, 0.2) is 0 Å². The Bertz CT molecular complexity index is 895. The van der Waals surface area contributed by atoms with Gasteiger partial charge in [-0.15, -0.1) is 0 Å². The molecule has 1 N–H and O–H groups in total. The van der Waals surface area contributed by atoms with E-state index in [0.717, 1.165) is 16.7 Å². The SMILES string of the molecule is CS(=O)(=O)N1CCc2ccc(NC(=O)Cc3ccc(Cl)cc3)cc2C1. The lowest BCUT2D eigenvalue weighted by Crippen LogP contribution is -2.35. The highest BCUT2D eigenvalue weighted by Gasteiger charge is 2.23. The third kappa shape index (κ3) is 4.60. The molecule has 1 aliphatic rings. The van der Waals surface area contributed by atoms with Crippen molar-refractivity contribution < 1.29 is 13.2 Å². The summed E-state index contributed by atoms with van der Waals surface area (Å²) in [5, 5.41) is 3.50. The normalized spacial score (nSPS) is 14.8. The van der Waals surface area contributed by atoms with Crippen molar-refractivity contribution in [3.8, 4) is 0 Å². The van der Waals surface area contributed by atoms with E-state index >= 15 is 0 Å². The van der Waals surface area contributed by atoms with Crippen LogP contribution in [0.15, 0.2) is 42.5 Å². The predicted molar refractivity (Wildman–Crippen MR) is 99.2 cm³/mol. The van der Waals surface area contributed by atoms with Crippen LogP contribution in [-0.4, -0.2) is 31.4 Å². The Kier molecular flexibility index (Phi) is 5.13. The van der Waals surface area contributed by atoms with Crippen molar-refractivity contribution >= 4 is 33.2 Å². The van der Waals surface area contributed by atoms with Crippen LogP contribution in [0.5, 0.6) is 0 Å². The van der Waals surface area contributed by atoms with Crippen LogP contribution in [0.25, 0.3) is 0 Å². The van der Waals surface area contributed by atoms with Gasteiger partial charge >= 0.3 is 0 Å². The fourth-order valence-corrected chi connectivity index (χ4v) is 3.81. The molecular formula is C18H19ClN2O3S. The quantitative estimate of drug-likeness (QED) is 0.889. The Morgan fingerprint density at radius 2 is 1.88 bits per heavy atom. The molecule has 0 fully saturated rings. The summed E-state index contributed by atoms with van der Waals surface area (Å²) >= 11 is 5.84. The number of nitrogens with zero attached hydrogens (tertiary/aromatic N) is 1. The van der Waals surface area contributed by atoms with Gasteiger partial charge in [-0.3, -0.25) is 4.79 Å². The number of hydrogen-bond acceptors (Lipinski definition) is 3. The molecule has 0 atom stereocenters.